The van der Waals surface area contributed by atoms with Gasteiger partial charge in [0, 0.05) is 50.5 Å². The van der Waals surface area contributed by atoms with Crippen molar-refractivity contribution >= 4 is 85.5 Å². The van der Waals surface area contributed by atoms with E-state index in [0.29, 0.717) is 0 Å². The Hall–Kier alpha value is -7.24. The largest absolute Gasteiger partial charge is 0.440 e. The Balaban J connectivity index is 1.28. The van der Waals surface area contributed by atoms with Gasteiger partial charge in [0.1, 0.15) is 5.58 Å². The molecule has 12 rings (SSSR count). The molecule has 0 saturated carbocycles. The van der Waals surface area contributed by atoms with Gasteiger partial charge in [0.05, 0.1) is 11.4 Å². The maximum Gasteiger partial charge on any atom is 0.257 e. The number of anilines is 9. The van der Waals surface area contributed by atoms with E-state index in [2.05, 4.69) is 281 Å². The van der Waals surface area contributed by atoms with E-state index in [4.69, 9.17) is 4.42 Å². The molecule has 75 heavy (non-hydrogen) atoms. The first kappa shape index (κ1) is 48.7. The van der Waals surface area contributed by atoms with Crippen molar-refractivity contribution in [3.63, 3.8) is 0 Å². The number of nitrogens with zero attached hydrogens (tertiary/aromatic N) is 3. The maximum atomic E-state index is 7.59. The fourth-order valence-corrected chi connectivity index (χ4v) is 12.4. The fourth-order valence-electron chi connectivity index (χ4n) is 12.4. The number of hydrogen-bond acceptors (Lipinski definition) is 4. The second-order valence-corrected chi connectivity index (χ2v) is 26.2. The molecule has 0 atom stereocenters. The summed E-state index contributed by atoms with van der Waals surface area (Å²) in [6.45, 7) is 30.6. The van der Waals surface area contributed by atoms with Crippen molar-refractivity contribution in [3.05, 3.63) is 204 Å². The average molecular weight is 982 g/mol. The van der Waals surface area contributed by atoms with Gasteiger partial charge >= 0.3 is 0 Å². The molecular formula is C70H72BN3O. The molecule has 9 aromatic rings. The second kappa shape index (κ2) is 17.1. The van der Waals surface area contributed by atoms with Crippen molar-refractivity contribution < 1.29 is 4.42 Å². The van der Waals surface area contributed by atoms with E-state index in [-0.39, 0.29) is 33.8 Å². The van der Waals surface area contributed by atoms with Crippen LogP contribution < -0.4 is 31.1 Å². The highest BCUT2D eigenvalue weighted by atomic mass is 16.4. The smallest absolute Gasteiger partial charge is 0.257 e. The van der Waals surface area contributed by atoms with Gasteiger partial charge in [-0.2, -0.15) is 0 Å². The summed E-state index contributed by atoms with van der Waals surface area (Å²) in [6, 6.07) is 66.5. The minimum absolute atomic E-state index is 0.00674. The van der Waals surface area contributed by atoms with Gasteiger partial charge in [-0.1, -0.05) is 187 Å². The lowest BCUT2D eigenvalue weighted by Gasteiger charge is -2.47. The summed E-state index contributed by atoms with van der Waals surface area (Å²) in [6.07, 6.45) is 2.26. The molecule has 2 aliphatic heterocycles. The van der Waals surface area contributed by atoms with Gasteiger partial charge in [-0.15, -0.1) is 0 Å². The highest BCUT2D eigenvalue weighted by Crippen LogP contribution is 2.54. The molecule has 0 spiro atoms. The Morgan fingerprint density at radius 2 is 0.960 bits per heavy atom. The lowest BCUT2D eigenvalue weighted by molar-refractivity contribution is 0.332. The zero-order valence-electron chi connectivity index (χ0n) is 46.5. The highest BCUT2D eigenvalue weighted by Gasteiger charge is 2.49. The van der Waals surface area contributed by atoms with Crippen LogP contribution in [0.2, 0.25) is 0 Å². The summed E-state index contributed by atoms with van der Waals surface area (Å²) in [4.78, 5) is 7.56. The third-order valence-corrected chi connectivity index (χ3v) is 17.0. The molecule has 3 aliphatic rings. The lowest BCUT2D eigenvalue weighted by atomic mass is 9.33. The Kier molecular flexibility index (Phi) is 11.1. The third kappa shape index (κ3) is 8.12. The third-order valence-electron chi connectivity index (χ3n) is 17.0. The second-order valence-electron chi connectivity index (χ2n) is 26.2. The summed E-state index contributed by atoms with van der Waals surface area (Å²) in [7, 11) is 0. The molecule has 0 fully saturated rings. The van der Waals surface area contributed by atoms with Crippen LogP contribution in [0.1, 0.15) is 131 Å². The van der Waals surface area contributed by atoms with Crippen molar-refractivity contribution in [1.29, 1.82) is 0 Å². The van der Waals surface area contributed by atoms with Crippen molar-refractivity contribution in [2.45, 2.75) is 130 Å². The summed E-state index contributed by atoms with van der Waals surface area (Å²) < 4.78 is 7.59. The molecule has 1 aliphatic carbocycles. The predicted octanol–water partition coefficient (Wildman–Crippen LogP) is 17.9. The van der Waals surface area contributed by atoms with Gasteiger partial charge in [0.25, 0.3) is 6.71 Å². The highest BCUT2D eigenvalue weighted by molar-refractivity contribution is 7.01. The van der Waals surface area contributed by atoms with Crippen molar-refractivity contribution in [3.8, 4) is 11.1 Å². The van der Waals surface area contributed by atoms with Crippen LogP contribution in [-0.2, 0) is 27.1 Å². The summed E-state index contributed by atoms with van der Waals surface area (Å²) in [5, 5.41) is 1.17. The van der Waals surface area contributed by atoms with Gasteiger partial charge in [0.2, 0.25) is 5.88 Å². The molecule has 1 aromatic heterocycles. The molecule has 5 heteroatoms. The van der Waals surface area contributed by atoms with E-state index < -0.39 is 0 Å². The monoisotopic (exact) mass is 982 g/mol. The Labute approximate surface area is 447 Å². The SMILES string of the molecule is CC(C)(C)c1ccc(N2c3cc4c(cc3B3c5c2cc(N(c2ccccc2)c2ccccc2)cc5N(c2ccc(C(C)(C)C)cc2-c2ccccc2)c2oc5ccc(C(C)(C)C)cc5c23)C(C)(C)CCC4(C)C)cc1. The normalized spacial score (nSPS) is 15.6. The van der Waals surface area contributed by atoms with Gasteiger partial charge in [-0.3, -0.25) is 4.90 Å². The van der Waals surface area contributed by atoms with Crippen LogP contribution in [0.4, 0.5) is 51.4 Å². The number of benzene rings is 8. The molecule has 8 aromatic carbocycles. The molecule has 376 valence electrons. The van der Waals surface area contributed by atoms with Gasteiger partial charge in [-0.05, 0) is 163 Å². The Morgan fingerprint density at radius 1 is 0.453 bits per heavy atom. The standard InChI is InChI=1S/C70H72BN3O/c1-66(2,3)46-29-33-51(34-30-46)73-59-44-56-55(69(10,11)37-38-70(56,12)13)43-57(59)71-63-54-40-48(68(7,8)9)32-36-62(54)75-65(63)74(58-35-31-47(67(4,5)6)39-53(58)45-23-17-14-18-24-45)61-42-52(41-60(73)64(61)71)72(49-25-19-15-20-26-49)50-27-21-16-22-28-50/h14-36,39-44H,37-38H2,1-13H3. The first-order valence-electron chi connectivity index (χ1n) is 27.3. The molecule has 0 N–H and O–H groups in total. The van der Waals surface area contributed by atoms with E-state index in [1.54, 1.807) is 0 Å². The number of rotatable bonds is 6. The molecule has 0 saturated heterocycles. The minimum Gasteiger partial charge on any atom is -0.440 e. The average Bonchev–Trinajstić information content (AvgIpc) is 3.76. The van der Waals surface area contributed by atoms with E-state index in [1.807, 2.05) is 0 Å². The first-order valence-corrected chi connectivity index (χ1v) is 27.3. The van der Waals surface area contributed by atoms with E-state index in [9.17, 15) is 0 Å². The van der Waals surface area contributed by atoms with Gasteiger partial charge in [0.15, 0.2) is 0 Å². The van der Waals surface area contributed by atoms with Crippen molar-refractivity contribution in [2.75, 3.05) is 14.7 Å². The molecular weight excluding hydrogens is 910 g/mol. The first-order chi connectivity index (χ1) is 35.6. The van der Waals surface area contributed by atoms with Crippen molar-refractivity contribution in [2.24, 2.45) is 0 Å². The van der Waals surface area contributed by atoms with E-state index >= 15 is 0 Å². The van der Waals surface area contributed by atoms with Crippen LogP contribution in [0.15, 0.2) is 180 Å². The van der Waals surface area contributed by atoms with Gasteiger partial charge < -0.3 is 14.2 Å². The molecule has 0 bridgehead atoms. The van der Waals surface area contributed by atoms with E-state index in [1.165, 1.54) is 55.3 Å². The summed E-state index contributed by atoms with van der Waals surface area (Å²) >= 11 is 0. The zero-order chi connectivity index (χ0) is 52.6. The number of para-hydroxylation sites is 2. The fraction of sp³-hybridized carbons (Fsp3) is 0.286. The molecule has 0 amide bonds. The lowest BCUT2D eigenvalue weighted by Crippen LogP contribution is -2.61. The Morgan fingerprint density at radius 3 is 1.53 bits per heavy atom. The number of fused-ring (bicyclic) bond motifs is 7. The molecule has 3 heterocycles. The summed E-state index contributed by atoms with van der Waals surface area (Å²) in [5.74, 6) is 0.870. The van der Waals surface area contributed by atoms with Crippen LogP contribution >= 0.6 is 0 Å². The zero-order valence-corrected chi connectivity index (χ0v) is 46.5. The van der Waals surface area contributed by atoms with Crippen molar-refractivity contribution in [1.82, 2.24) is 0 Å². The minimum atomic E-state index is -0.158. The summed E-state index contributed by atoms with van der Waals surface area (Å²) in [5.41, 5.74) is 22.6. The van der Waals surface area contributed by atoms with Gasteiger partial charge in [-0.25, -0.2) is 0 Å². The maximum absolute atomic E-state index is 7.59. The van der Waals surface area contributed by atoms with E-state index in [0.717, 1.165) is 75.2 Å². The van der Waals surface area contributed by atoms with Crippen LogP contribution in [0.5, 0.6) is 0 Å². The predicted molar refractivity (Wildman–Crippen MR) is 322 cm³/mol. The molecule has 0 radical (unpaired) electrons. The van der Waals surface area contributed by atoms with Crippen LogP contribution in [0.3, 0.4) is 0 Å². The number of hydrogen-bond donors (Lipinski definition) is 0. The van der Waals surface area contributed by atoms with Crippen LogP contribution in [0.25, 0.3) is 22.1 Å². The van der Waals surface area contributed by atoms with Crippen LogP contribution in [-0.4, -0.2) is 6.71 Å². The van der Waals surface area contributed by atoms with Crippen LogP contribution in [0, 0.1) is 0 Å². The quantitative estimate of drug-likeness (QED) is 0.155. The molecule has 0 unspecified atom stereocenters. The Bertz CT molecular complexity index is 3620. The molecule has 4 nitrogen and oxygen atoms in total. The topological polar surface area (TPSA) is 22.9 Å². The number of furan rings is 1.